The number of para-hydroxylation sites is 1. The van der Waals surface area contributed by atoms with Gasteiger partial charge in [-0.05, 0) is 63.5 Å². The van der Waals surface area contributed by atoms with Crippen LogP contribution in [0.4, 0.5) is 4.79 Å². The first-order chi connectivity index (χ1) is 16.7. The molecule has 2 aromatic carbocycles. The molecule has 0 saturated carbocycles. The standard InChI is InChI=1S/C27H35N5O2S/c1-27(2,3)34-26(33)29(4)22-15-17-30(18-16-22)20-31-25(35)32(23-13-9-6-10-14-23)24(28-31)19-21-11-7-5-8-12-21/h5-14,22H,15-20H2,1-4H3. The van der Waals surface area contributed by atoms with Crippen LogP contribution < -0.4 is 0 Å². The Morgan fingerprint density at radius 1 is 1.06 bits per heavy atom. The van der Waals surface area contributed by atoms with Crippen LogP contribution in [0, 0.1) is 4.77 Å². The van der Waals surface area contributed by atoms with Crippen LogP contribution in [0.3, 0.4) is 0 Å². The van der Waals surface area contributed by atoms with Crippen LogP contribution in [0.2, 0.25) is 0 Å². The monoisotopic (exact) mass is 493 g/mol. The molecule has 0 bridgehead atoms. The minimum atomic E-state index is -0.489. The van der Waals surface area contributed by atoms with Crippen LogP contribution in [0.1, 0.15) is 45.0 Å². The van der Waals surface area contributed by atoms with Crippen molar-refractivity contribution in [1.82, 2.24) is 24.1 Å². The van der Waals surface area contributed by atoms with Crippen LogP contribution in [-0.2, 0) is 17.8 Å². The zero-order valence-corrected chi connectivity index (χ0v) is 21.9. The first-order valence-corrected chi connectivity index (χ1v) is 12.6. The molecular formula is C27H35N5O2S. The normalized spacial score (nSPS) is 15.2. The maximum atomic E-state index is 12.5. The van der Waals surface area contributed by atoms with Crippen LogP contribution in [0.15, 0.2) is 60.7 Å². The number of amides is 1. The minimum absolute atomic E-state index is 0.171. The van der Waals surface area contributed by atoms with E-state index in [1.165, 1.54) is 5.56 Å². The molecule has 1 aliphatic heterocycles. The highest BCUT2D eigenvalue weighted by atomic mass is 32.1. The van der Waals surface area contributed by atoms with E-state index in [9.17, 15) is 4.79 Å². The highest BCUT2D eigenvalue weighted by Crippen LogP contribution is 2.20. The summed E-state index contributed by atoms with van der Waals surface area (Å²) in [6, 6.07) is 20.7. The Morgan fingerprint density at radius 2 is 1.66 bits per heavy atom. The first-order valence-electron chi connectivity index (χ1n) is 12.2. The molecule has 2 heterocycles. The fraction of sp³-hybridized carbons (Fsp3) is 0.444. The van der Waals surface area contributed by atoms with Crippen molar-refractivity contribution in [2.45, 2.75) is 58.3 Å². The highest BCUT2D eigenvalue weighted by molar-refractivity contribution is 7.71. The van der Waals surface area contributed by atoms with Gasteiger partial charge in [-0.2, -0.15) is 5.10 Å². The van der Waals surface area contributed by atoms with Crippen molar-refractivity contribution in [3.63, 3.8) is 0 Å². The number of likely N-dealkylation sites (tertiary alicyclic amines) is 1. The molecule has 0 aliphatic carbocycles. The molecule has 3 aromatic rings. The largest absolute Gasteiger partial charge is 0.444 e. The minimum Gasteiger partial charge on any atom is -0.444 e. The van der Waals surface area contributed by atoms with Crippen LogP contribution in [-0.4, -0.2) is 62.0 Å². The summed E-state index contributed by atoms with van der Waals surface area (Å²) in [6.45, 7) is 8.05. The Labute approximate surface area is 212 Å². The van der Waals surface area contributed by atoms with Crippen molar-refractivity contribution in [1.29, 1.82) is 0 Å². The third-order valence-corrected chi connectivity index (χ3v) is 6.64. The van der Waals surface area contributed by atoms with E-state index >= 15 is 0 Å². The molecule has 186 valence electrons. The molecule has 1 fully saturated rings. The number of aromatic nitrogens is 3. The average molecular weight is 494 g/mol. The van der Waals surface area contributed by atoms with Crippen molar-refractivity contribution >= 4 is 18.3 Å². The van der Waals surface area contributed by atoms with Gasteiger partial charge in [0.1, 0.15) is 11.4 Å². The predicted molar refractivity (Wildman–Crippen MR) is 140 cm³/mol. The van der Waals surface area contributed by atoms with Crippen LogP contribution >= 0.6 is 12.2 Å². The number of nitrogens with zero attached hydrogens (tertiary/aromatic N) is 5. The maximum Gasteiger partial charge on any atom is 0.410 e. The van der Waals surface area contributed by atoms with Gasteiger partial charge in [-0.25, -0.2) is 9.48 Å². The van der Waals surface area contributed by atoms with Crippen LogP contribution in [0.25, 0.3) is 5.69 Å². The van der Waals surface area contributed by atoms with Crippen molar-refractivity contribution in [2.75, 3.05) is 20.1 Å². The number of hydrogen-bond donors (Lipinski definition) is 0. The Kier molecular flexibility index (Phi) is 7.72. The second kappa shape index (κ2) is 10.7. The SMILES string of the molecule is CN(C(=O)OC(C)(C)C)C1CCN(Cn2nc(Cc3ccccc3)n(-c3ccccc3)c2=S)CC1. The number of carbonyl (C=O) groups excluding carboxylic acids is 1. The molecule has 35 heavy (non-hydrogen) atoms. The number of rotatable bonds is 6. The summed E-state index contributed by atoms with van der Waals surface area (Å²) in [4.78, 5) is 16.6. The van der Waals surface area contributed by atoms with E-state index in [0.717, 1.165) is 37.4 Å². The molecule has 1 aromatic heterocycles. The first kappa shape index (κ1) is 25.1. The highest BCUT2D eigenvalue weighted by Gasteiger charge is 2.29. The predicted octanol–water partition coefficient (Wildman–Crippen LogP) is 5.28. The van der Waals surface area contributed by atoms with Gasteiger partial charge in [0.2, 0.25) is 4.77 Å². The molecule has 0 N–H and O–H groups in total. The van der Waals surface area contributed by atoms with Gasteiger partial charge in [-0.3, -0.25) is 9.47 Å². The second-order valence-corrected chi connectivity index (χ2v) is 10.5. The molecule has 0 spiro atoms. The molecule has 0 radical (unpaired) electrons. The summed E-state index contributed by atoms with van der Waals surface area (Å²) in [6.07, 6.45) is 2.22. The van der Waals surface area contributed by atoms with E-state index in [2.05, 4.69) is 33.7 Å². The maximum absolute atomic E-state index is 12.5. The lowest BCUT2D eigenvalue weighted by atomic mass is 10.0. The van der Waals surface area contributed by atoms with E-state index in [4.69, 9.17) is 22.1 Å². The van der Waals surface area contributed by atoms with E-state index in [-0.39, 0.29) is 12.1 Å². The van der Waals surface area contributed by atoms with E-state index in [0.29, 0.717) is 17.9 Å². The number of ether oxygens (including phenoxy) is 1. The number of benzene rings is 2. The Bertz CT molecular complexity index is 1180. The zero-order valence-electron chi connectivity index (χ0n) is 21.1. The molecule has 0 atom stereocenters. The van der Waals surface area contributed by atoms with Gasteiger partial charge < -0.3 is 9.64 Å². The fourth-order valence-corrected chi connectivity index (χ4v) is 4.70. The van der Waals surface area contributed by atoms with Crippen molar-refractivity contribution < 1.29 is 9.53 Å². The Hall–Kier alpha value is -2.97. The Balaban J connectivity index is 1.47. The molecule has 1 saturated heterocycles. The van der Waals surface area contributed by atoms with Gasteiger partial charge in [-0.15, -0.1) is 0 Å². The lowest BCUT2D eigenvalue weighted by Crippen LogP contribution is -2.47. The van der Waals surface area contributed by atoms with E-state index in [1.807, 2.05) is 68.9 Å². The topological polar surface area (TPSA) is 55.5 Å². The van der Waals surface area contributed by atoms with Crippen molar-refractivity contribution in [3.05, 3.63) is 76.8 Å². The number of hydrogen-bond acceptors (Lipinski definition) is 5. The second-order valence-electron chi connectivity index (χ2n) is 10.1. The molecular weight excluding hydrogens is 458 g/mol. The summed E-state index contributed by atoms with van der Waals surface area (Å²) >= 11 is 5.90. The fourth-order valence-electron chi connectivity index (χ4n) is 4.39. The Morgan fingerprint density at radius 3 is 2.26 bits per heavy atom. The van der Waals surface area contributed by atoms with Gasteiger partial charge in [0.25, 0.3) is 0 Å². The zero-order chi connectivity index (χ0) is 25.0. The summed E-state index contributed by atoms with van der Waals surface area (Å²) in [5.41, 5.74) is 1.73. The molecule has 7 nitrogen and oxygen atoms in total. The lowest BCUT2D eigenvalue weighted by molar-refractivity contribution is 0.0134. The molecule has 8 heteroatoms. The van der Waals surface area contributed by atoms with E-state index in [1.54, 1.807) is 4.90 Å². The van der Waals surface area contributed by atoms with Crippen molar-refractivity contribution in [2.24, 2.45) is 0 Å². The van der Waals surface area contributed by atoms with Crippen molar-refractivity contribution in [3.8, 4) is 5.69 Å². The third kappa shape index (κ3) is 6.38. The summed E-state index contributed by atoms with van der Waals surface area (Å²) in [7, 11) is 1.84. The smallest absolute Gasteiger partial charge is 0.410 e. The molecule has 4 rings (SSSR count). The number of carbonyl (C=O) groups is 1. The average Bonchev–Trinajstić information content (AvgIpc) is 3.13. The molecule has 1 amide bonds. The summed E-state index contributed by atoms with van der Waals surface area (Å²) in [5, 5.41) is 4.95. The van der Waals surface area contributed by atoms with Gasteiger partial charge in [-0.1, -0.05) is 48.5 Å². The lowest BCUT2D eigenvalue weighted by Gasteiger charge is -2.37. The van der Waals surface area contributed by atoms with E-state index < -0.39 is 5.60 Å². The molecule has 1 aliphatic rings. The van der Waals surface area contributed by atoms with Gasteiger partial charge >= 0.3 is 6.09 Å². The van der Waals surface area contributed by atoms with Crippen LogP contribution in [0.5, 0.6) is 0 Å². The van der Waals surface area contributed by atoms with Gasteiger partial charge in [0, 0.05) is 38.3 Å². The summed E-state index contributed by atoms with van der Waals surface area (Å²) < 4.78 is 10.2. The quantitative estimate of drug-likeness (QED) is 0.437. The number of piperidine rings is 1. The summed E-state index contributed by atoms with van der Waals surface area (Å²) in [5.74, 6) is 0.923. The molecule has 0 unspecified atom stereocenters. The third-order valence-electron chi connectivity index (χ3n) is 6.25. The van der Waals surface area contributed by atoms with Gasteiger partial charge in [0.15, 0.2) is 0 Å². The van der Waals surface area contributed by atoms with Gasteiger partial charge in [0.05, 0.1) is 6.67 Å².